The summed E-state index contributed by atoms with van der Waals surface area (Å²) in [5, 5.41) is 10.3. The molecular weight excluding hydrogens is 316 g/mol. The third kappa shape index (κ3) is 4.04. The molecule has 20 heavy (non-hydrogen) atoms. The fraction of sp³-hybridized carbons (Fsp3) is 0.625. The van der Waals surface area contributed by atoms with Gasteiger partial charge in [0.25, 0.3) is 0 Å². The molecule has 0 amide bonds. The van der Waals surface area contributed by atoms with E-state index in [2.05, 4.69) is 25.7 Å². The van der Waals surface area contributed by atoms with Crippen molar-refractivity contribution in [1.29, 1.82) is 0 Å². The Labute approximate surface area is 129 Å². The van der Waals surface area contributed by atoms with Crippen LogP contribution in [0.15, 0.2) is 28.7 Å². The van der Waals surface area contributed by atoms with Crippen molar-refractivity contribution in [2.24, 2.45) is 5.92 Å². The van der Waals surface area contributed by atoms with Crippen molar-refractivity contribution >= 4 is 15.9 Å². The molecule has 0 aromatic heterocycles. The van der Waals surface area contributed by atoms with Crippen LogP contribution < -0.4 is 0 Å². The second kappa shape index (κ2) is 6.56. The van der Waals surface area contributed by atoms with Gasteiger partial charge in [-0.3, -0.25) is 4.90 Å². The molecular formula is C16H23BrN2O. The lowest BCUT2D eigenvalue weighted by atomic mass is 10.1. The van der Waals surface area contributed by atoms with Crippen molar-refractivity contribution in [3.05, 3.63) is 34.3 Å². The van der Waals surface area contributed by atoms with E-state index in [0.29, 0.717) is 0 Å². The fourth-order valence-electron chi connectivity index (χ4n) is 2.88. The van der Waals surface area contributed by atoms with Crippen LogP contribution in [0.5, 0.6) is 0 Å². The van der Waals surface area contributed by atoms with E-state index in [4.69, 9.17) is 0 Å². The summed E-state index contributed by atoms with van der Waals surface area (Å²) in [7, 11) is 0. The Bertz CT molecular complexity index is 442. The highest BCUT2D eigenvalue weighted by molar-refractivity contribution is 9.10. The van der Waals surface area contributed by atoms with Gasteiger partial charge >= 0.3 is 0 Å². The zero-order valence-electron chi connectivity index (χ0n) is 11.8. The summed E-state index contributed by atoms with van der Waals surface area (Å²) in [4.78, 5) is 4.97. The zero-order valence-corrected chi connectivity index (χ0v) is 13.4. The minimum absolute atomic E-state index is 0.387. The summed E-state index contributed by atoms with van der Waals surface area (Å²) in [6.45, 7) is 6.51. The van der Waals surface area contributed by atoms with E-state index in [0.717, 1.165) is 48.7 Å². The number of aliphatic hydroxyl groups excluding tert-OH is 1. The molecule has 1 unspecified atom stereocenters. The molecule has 4 heteroatoms. The van der Waals surface area contributed by atoms with Crippen LogP contribution in [0, 0.1) is 5.92 Å². The summed E-state index contributed by atoms with van der Waals surface area (Å²) in [5.41, 5.74) is 1.000. The molecule has 1 aromatic carbocycles. The molecule has 1 aromatic rings. The van der Waals surface area contributed by atoms with Crippen LogP contribution in [0.25, 0.3) is 0 Å². The highest BCUT2D eigenvalue weighted by atomic mass is 79.9. The number of β-amino-alcohol motifs (C(OH)–C–C–N with tert-alkyl or cyclic N) is 1. The second-order valence-electron chi connectivity index (χ2n) is 6.12. The Morgan fingerprint density at radius 2 is 1.85 bits per heavy atom. The predicted octanol–water partition coefficient (Wildman–Crippen LogP) is 2.51. The Balaban J connectivity index is 1.46. The number of piperazine rings is 1. The first-order valence-electron chi connectivity index (χ1n) is 7.59. The van der Waals surface area contributed by atoms with Crippen LogP contribution in [0.1, 0.15) is 24.5 Å². The Morgan fingerprint density at radius 3 is 2.50 bits per heavy atom. The topological polar surface area (TPSA) is 26.7 Å². The van der Waals surface area contributed by atoms with Gasteiger partial charge in [0.15, 0.2) is 0 Å². The van der Waals surface area contributed by atoms with Gasteiger partial charge in [-0.2, -0.15) is 0 Å². The fourth-order valence-corrected chi connectivity index (χ4v) is 3.30. The first-order chi connectivity index (χ1) is 9.70. The van der Waals surface area contributed by atoms with Crippen molar-refractivity contribution in [3.8, 4) is 0 Å². The number of hydrogen-bond donors (Lipinski definition) is 1. The van der Waals surface area contributed by atoms with Crippen LogP contribution in [-0.2, 0) is 0 Å². The molecule has 1 heterocycles. The average molecular weight is 339 g/mol. The third-order valence-electron chi connectivity index (χ3n) is 4.34. The largest absolute Gasteiger partial charge is 0.387 e. The molecule has 1 aliphatic heterocycles. The van der Waals surface area contributed by atoms with Gasteiger partial charge in [0.05, 0.1) is 6.10 Å². The van der Waals surface area contributed by atoms with Crippen molar-refractivity contribution in [1.82, 2.24) is 9.80 Å². The quantitative estimate of drug-likeness (QED) is 0.893. The molecule has 2 aliphatic rings. The van der Waals surface area contributed by atoms with Crippen molar-refractivity contribution in [2.75, 3.05) is 39.3 Å². The Morgan fingerprint density at radius 1 is 1.15 bits per heavy atom. The normalized spacial score (nSPS) is 22.9. The van der Waals surface area contributed by atoms with Gasteiger partial charge in [-0.25, -0.2) is 0 Å². The summed E-state index contributed by atoms with van der Waals surface area (Å²) in [6.07, 6.45) is 2.48. The molecule has 0 spiro atoms. The minimum atomic E-state index is -0.387. The van der Waals surface area contributed by atoms with Gasteiger partial charge in [-0.15, -0.1) is 0 Å². The predicted molar refractivity (Wildman–Crippen MR) is 84.7 cm³/mol. The lowest BCUT2D eigenvalue weighted by molar-refractivity contribution is 0.0710. The van der Waals surface area contributed by atoms with Crippen LogP contribution in [-0.4, -0.2) is 54.2 Å². The summed E-state index contributed by atoms with van der Waals surface area (Å²) >= 11 is 3.46. The standard InChI is InChI=1S/C16H23BrN2O/c17-15-3-1-2-14(10-15)16(20)12-19-8-6-18(7-9-19)11-13-4-5-13/h1-3,10,13,16,20H,4-9,11-12H2. The van der Waals surface area contributed by atoms with Crippen LogP contribution in [0.2, 0.25) is 0 Å². The number of halogens is 1. The molecule has 1 atom stereocenters. The molecule has 3 rings (SSSR count). The van der Waals surface area contributed by atoms with Gasteiger partial charge < -0.3 is 10.0 Å². The van der Waals surface area contributed by atoms with Gasteiger partial charge in [-0.1, -0.05) is 28.1 Å². The summed E-state index contributed by atoms with van der Waals surface area (Å²) in [6, 6.07) is 7.98. The number of benzene rings is 1. The average Bonchev–Trinajstić information content (AvgIpc) is 3.25. The molecule has 0 radical (unpaired) electrons. The van der Waals surface area contributed by atoms with Crippen LogP contribution in [0.4, 0.5) is 0 Å². The Hall–Kier alpha value is -0.420. The molecule has 3 nitrogen and oxygen atoms in total. The van der Waals surface area contributed by atoms with E-state index in [1.54, 1.807) is 0 Å². The number of hydrogen-bond acceptors (Lipinski definition) is 3. The first kappa shape index (κ1) is 14.5. The van der Waals surface area contributed by atoms with Gasteiger partial charge in [0.1, 0.15) is 0 Å². The summed E-state index contributed by atoms with van der Waals surface area (Å²) < 4.78 is 1.03. The smallest absolute Gasteiger partial charge is 0.0917 e. The molecule has 1 saturated carbocycles. The lowest BCUT2D eigenvalue weighted by Gasteiger charge is -2.35. The van der Waals surface area contributed by atoms with E-state index in [1.807, 2.05) is 24.3 Å². The monoisotopic (exact) mass is 338 g/mol. The van der Waals surface area contributed by atoms with E-state index >= 15 is 0 Å². The van der Waals surface area contributed by atoms with Crippen molar-refractivity contribution < 1.29 is 5.11 Å². The number of nitrogens with zero attached hydrogens (tertiary/aromatic N) is 2. The van der Waals surface area contributed by atoms with Crippen molar-refractivity contribution in [2.45, 2.75) is 18.9 Å². The first-order valence-corrected chi connectivity index (χ1v) is 8.38. The lowest BCUT2D eigenvalue weighted by Crippen LogP contribution is -2.47. The number of aliphatic hydroxyl groups is 1. The third-order valence-corrected chi connectivity index (χ3v) is 4.84. The molecule has 2 fully saturated rings. The number of rotatable bonds is 5. The highest BCUT2D eigenvalue weighted by Gasteiger charge is 2.26. The molecule has 110 valence electrons. The van der Waals surface area contributed by atoms with E-state index in [-0.39, 0.29) is 6.10 Å². The molecule has 0 bridgehead atoms. The zero-order chi connectivity index (χ0) is 13.9. The maximum atomic E-state index is 10.3. The van der Waals surface area contributed by atoms with Gasteiger partial charge in [0, 0.05) is 43.7 Å². The molecule has 1 aliphatic carbocycles. The highest BCUT2D eigenvalue weighted by Crippen LogP contribution is 2.30. The van der Waals surface area contributed by atoms with Gasteiger partial charge in [-0.05, 0) is 36.5 Å². The maximum absolute atomic E-state index is 10.3. The van der Waals surface area contributed by atoms with Crippen LogP contribution in [0.3, 0.4) is 0 Å². The molecule has 1 N–H and O–H groups in total. The SMILES string of the molecule is OC(CN1CCN(CC2CC2)CC1)c1cccc(Br)c1. The Kier molecular flexibility index (Phi) is 4.76. The second-order valence-corrected chi connectivity index (χ2v) is 7.03. The minimum Gasteiger partial charge on any atom is -0.387 e. The van der Waals surface area contributed by atoms with E-state index in [1.165, 1.54) is 19.4 Å². The van der Waals surface area contributed by atoms with E-state index in [9.17, 15) is 5.11 Å². The van der Waals surface area contributed by atoms with E-state index < -0.39 is 0 Å². The van der Waals surface area contributed by atoms with Crippen molar-refractivity contribution in [3.63, 3.8) is 0 Å². The maximum Gasteiger partial charge on any atom is 0.0917 e. The van der Waals surface area contributed by atoms with Crippen LogP contribution >= 0.6 is 15.9 Å². The van der Waals surface area contributed by atoms with Gasteiger partial charge in [0.2, 0.25) is 0 Å². The molecule has 1 saturated heterocycles. The summed E-state index contributed by atoms with van der Waals surface area (Å²) in [5.74, 6) is 0.980.